The molecule has 0 aliphatic carbocycles. The molecule has 2 aromatic carbocycles. The Morgan fingerprint density at radius 3 is 2.46 bits per heavy atom. The monoisotopic (exact) mass is 383 g/mol. The van der Waals surface area contributed by atoms with Crippen LogP contribution in [0.2, 0.25) is 0 Å². The minimum Gasteiger partial charge on any atom is -0.497 e. The fourth-order valence-electron chi connectivity index (χ4n) is 2.68. The second-order valence-corrected chi connectivity index (χ2v) is 6.48. The van der Waals surface area contributed by atoms with Crippen molar-refractivity contribution < 1.29 is 18.7 Å². The molecule has 0 N–H and O–H groups in total. The first-order valence-corrected chi connectivity index (χ1v) is 9.02. The Bertz CT molecular complexity index is 893. The molecule has 1 aromatic heterocycles. The molecule has 148 valence electrons. The van der Waals surface area contributed by atoms with Gasteiger partial charge in [-0.25, -0.2) is 0 Å². The zero-order chi connectivity index (χ0) is 19.9. The van der Waals surface area contributed by atoms with Gasteiger partial charge in [-0.15, -0.1) is 0 Å². The predicted molar refractivity (Wildman–Crippen MR) is 106 cm³/mol. The Balaban J connectivity index is 1.56. The minimum absolute atomic E-state index is 0.485. The van der Waals surface area contributed by atoms with Gasteiger partial charge in [0.1, 0.15) is 23.9 Å². The largest absolute Gasteiger partial charge is 0.497 e. The van der Waals surface area contributed by atoms with Gasteiger partial charge in [0, 0.05) is 12.6 Å². The summed E-state index contributed by atoms with van der Waals surface area (Å²) in [7, 11) is 5.19. The minimum atomic E-state index is 0.485. The number of methoxy groups -OCH3 is 2. The maximum absolute atomic E-state index is 5.76. The molecule has 0 amide bonds. The summed E-state index contributed by atoms with van der Waals surface area (Å²) in [6.45, 7) is 3.89. The van der Waals surface area contributed by atoms with Crippen LogP contribution < -0.4 is 14.2 Å². The molecule has 0 aliphatic rings. The summed E-state index contributed by atoms with van der Waals surface area (Å²) in [5.74, 6) is 3.22. The van der Waals surface area contributed by atoms with E-state index in [2.05, 4.69) is 22.0 Å². The summed E-state index contributed by atoms with van der Waals surface area (Å²) in [4.78, 5) is 6.55. The number of aryl methyl sites for hydroxylation is 1. The van der Waals surface area contributed by atoms with Crippen LogP contribution >= 0.6 is 0 Å². The first-order valence-electron chi connectivity index (χ1n) is 9.02. The van der Waals surface area contributed by atoms with E-state index in [1.807, 2.05) is 43.4 Å². The highest BCUT2D eigenvalue weighted by Gasteiger charge is 2.15. The average Bonchev–Trinajstić information content (AvgIpc) is 3.17. The highest BCUT2D eigenvalue weighted by atomic mass is 16.5. The van der Waals surface area contributed by atoms with Gasteiger partial charge in [-0.2, -0.15) is 4.98 Å². The van der Waals surface area contributed by atoms with E-state index in [4.69, 9.17) is 18.7 Å². The van der Waals surface area contributed by atoms with Crippen LogP contribution in [0.5, 0.6) is 17.2 Å². The molecule has 3 aromatic rings. The normalized spacial score (nSPS) is 10.9. The maximum atomic E-state index is 5.76. The number of rotatable bonds is 9. The Hall–Kier alpha value is -3.06. The molecule has 0 aliphatic heterocycles. The average molecular weight is 383 g/mol. The molecular weight excluding hydrogens is 358 g/mol. The van der Waals surface area contributed by atoms with E-state index in [-0.39, 0.29) is 0 Å². The molecule has 3 rings (SSSR count). The molecule has 0 saturated carbocycles. The van der Waals surface area contributed by atoms with Crippen molar-refractivity contribution in [2.24, 2.45) is 0 Å². The summed E-state index contributed by atoms with van der Waals surface area (Å²) in [6.07, 6.45) is 0. The van der Waals surface area contributed by atoms with Crippen molar-refractivity contribution in [1.29, 1.82) is 0 Å². The Morgan fingerprint density at radius 2 is 1.75 bits per heavy atom. The summed E-state index contributed by atoms with van der Waals surface area (Å²) >= 11 is 0. The zero-order valence-electron chi connectivity index (χ0n) is 16.6. The topological polar surface area (TPSA) is 69.9 Å². The van der Waals surface area contributed by atoms with E-state index in [1.165, 1.54) is 5.56 Å². The van der Waals surface area contributed by atoms with Gasteiger partial charge in [0.2, 0.25) is 11.7 Å². The van der Waals surface area contributed by atoms with Crippen molar-refractivity contribution in [2.75, 3.05) is 34.4 Å². The fraction of sp³-hybridized carbons (Fsp3) is 0.333. The molecule has 0 unspecified atom stereocenters. The Labute approximate surface area is 164 Å². The van der Waals surface area contributed by atoms with Gasteiger partial charge in [-0.05, 0) is 38.2 Å². The molecule has 1 heterocycles. The number of aromatic nitrogens is 2. The van der Waals surface area contributed by atoms with Gasteiger partial charge in [-0.1, -0.05) is 22.9 Å². The van der Waals surface area contributed by atoms with Crippen molar-refractivity contribution in [1.82, 2.24) is 15.0 Å². The highest BCUT2D eigenvalue weighted by molar-refractivity contribution is 5.65. The van der Waals surface area contributed by atoms with Crippen LogP contribution in [0.4, 0.5) is 0 Å². The lowest BCUT2D eigenvalue weighted by atomic mass is 10.2. The third kappa shape index (κ3) is 5.01. The third-order valence-electron chi connectivity index (χ3n) is 4.29. The van der Waals surface area contributed by atoms with Gasteiger partial charge in [0.05, 0.1) is 26.3 Å². The van der Waals surface area contributed by atoms with Crippen LogP contribution in [0.3, 0.4) is 0 Å². The second kappa shape index (κ2) is 9.23. The molecule has 0 saturated heterocycles. The smallest absolute Gasteiger partial charge is 0.241 e. The third-order valence-corrected chi connectivity index (χ3v) is 4.29. The van der Waals surface area contributed by atoms with Crippen LogP contribution in [0.1, 0.15) is 11.5 Å². The van der Waals surface area contributed by atoms with E-state index in [0.29, 0.717) is 36.4 Å². The van der Waals surface area contributed by atoms with E-state index in [9.17, 15) is 0 Å². The molecule has 0 bridgehead atoms. The van der Waals surface area contributed by atoms with Crippen molar-refractivity contribution in [3.63, 3.8) is 0 Å². The number of hydrogen-bond donors (Lipinski definition) is 0. The van der Waals surface area contributed by atoms with Crippen LogP contribution in [-0.2, 0) is 6.54 Å². The molecule has 7 nitrogen and oxygen atoms in total. The molecular formula is C21H25N3O4. The summed E-state index contributed by atoms with van der Waals surface area (Å²) in [5, 5.41) is 4.07. The van der Waals surface area contributed by atoms with Crippen LogP contribution in [0.15, 0.2) is 47.0 Å². The molecule has 7 heteroatoms. The summed E-state index contributed by atoms with van der Waals surface area (Å²) in [6, 6.07) is 13.5. The van der Waals surface area contributed by atoms with Crippen molar-refractivity contribution >= 4 is 0 Å². The Morgan fingerprint density at radius 1 is 1.00 bits per heavy atom. The van der Waals surface area contributed by atoms with Gasteiger partial charge in [0.25, 0.3) is 0 Å². The number of nitrogens with zero attached hydrogens (tertiary/aromatic N) is 3. The Kier molecular flexibility index (Phi) is 6.49. The first-order chi connectivity index (χ1) is 13.6. The van der Waals surface area contributed by atoms with Crippen molar-refractivity contribution in [2.45, 2.75) is 13.5 Å². The van der Waals surface area contributed by atoms with Gasteiger partial charge >= 0.3 is 0 Å². The van der Waals surface area contributed by atoms with Crippen LogP contribution in [-0.4, -0.2) is 49.5 Å². The van der Waals surface area contributed by atoms with E-state index in [0.717, 1.165) is 17.9 Å². The molecule has 0 spiro atoms. The molecule has 0 atom stereocenters. The first kappa shape index (κ1) is 19.7. The number of benzene rings is 2. The number of hydrogen-bond acceptors (Lipinski definition) is 7. The van der Waals surface area contributed by atoms with Crippen LogP contribution in [0, 0.1) is 6.92 Å². The van der Waals surface area contributed by atoms with Crippen LogP contribution in [0.25, 0.3) is 11.4 Å². The summed E-state index contributed by atoms with van der Waals surface area (Å²) < 4.78 is 21.8. The maximum Gasteiger partial charge on any atom is 0.241 e. The highest BCUT2D eigenvalue weighted by Crippen LogP contribution is 2.31. The van der Waals surface area contributed by atoms with Gasteiger partial charge in [-0.3, -0.25) is 4.90 Å². The molecule has 28 heavy (non-hydrogen) atoms. The quantitative estimate of drug-likeness (QED) is 0.559. The summed E-state index contributed by atoms with van der Waals surface area (Å²) in [5.41, 5.74) is 1.97. The fourth-order valence-corrected chi connectivity index (χ4v) is 2.68. The second-order valence-electron chi connectivity index (χ2n) is 6.48. The van der Waals surface area contributed by atoms with Crippen molar-refractivity contribution in [3.8, 4) is 28.6 Å². The van der Waals surface area contributed by atoms with Gasteiger partial charge < -0.3 is 18.7 Å². The standard InChI is InChI=1S/C21H25N3O4/c1-15-5-7-16(8-6-15)27-12-11-24(2)14-20-22-21(23-28-20)18-10-9-17(25-3)13-19(18)26-4/h5-10,13H,11-12,14H2,1-4H3. The predicted octanol–water partition coefficient (Wildman–Crippen LogP) is 3.57. The number of likely N-dealkylation sites (N-methyl/N-ethyl adjacent to an activating group) is 1. The van der Waals surface area contributed by atoms with Crippen molar-refractivity contribution in [3.05, 3.63) is 53.9 Å². The van der Waals surface area contributed by atoms with E-state index in [1.54, 1.807) is 20.3 Å². The lowest BCUT2D eigenvalue weighted by molar-refractivity contribution is 0.213. The SMILES string of the molecule is COc1ccc(-c2noc(CN(C)CCOc3ccc(C)cc3)n2)c(OC)c1. The molecule has 0 radical (unpaired) electrons. The lowest BCUT2D eigenvalue weighted by Gasteiger charge is -2.14. The lowest BCUT2D eigenvalue weighted by Crippen LogP contribution is -2.24. The van der Waals surface area contributed by atoms with E-state index < -0.39 is 0 Å². The van der Waals surface area contributed by atoms with E-state index >= 15 is 0 Å². The molecule has 0 fully saturated rings. The van der Waals surface area contributed by atoms with Gasteiger partial charge in [0.15, 0.2) is 0 Å². The zero-order valence-corrected chi connectivity index (χ0v) is 16.6. The number of ether oxygens (including phenoxy) is 3.